The quantitative estimate of drug-likeness (QED) is 0.340. The van der Waals surface area contributed by atoms with Crippen LogP contribution in [0.25, 0.3) is 0 Å². The lowest BCUT2D eigenvalue weighted by Gasteiger charge is -2.43. The van der Waals surface area contributed by atoms with Crippen LogP contribution in [0.5, 0.6) is 0 Å². The summed E-state index contributed by atoms with van der Waals surface area (Å²) in [6.45, 7) is 14.0. The molecule has 0 aliphatic carbocycles. The second-order valence-corrected chi connectivity index (χ2v) is 11.5. The van der Waals surface area contributed by atoms with Gasteiger partial charge in [-0.3, -0.25) is 33.7 Å². The average Bonchev–Trinajstić information content (AvgIpc) is 2.70. The Kier molecular flexibility index (Phi) is 17.4. The zero-order valence-electron chi connectivity index (χ0n) is 25.4. The molecule has 1 aliphatic heterocycles. The summed E-state index contributed by atoms with van der Waals surface area (Å²) in [5, 5.41) is 6.83. The molecule has 0 bridgehead atoms. The molecule has 6 amide bonds. The highest BCUT2D eigenvalue weighted by Crippen LogP contribution is 2.28. The Bertz CT molecular complexity index is 756. The van der Waals surface area contributed by atoms with Gasteiger partial charge in [-0.15, -0.1) is 0 Å². The maximum atomic E-state index is 11.5. The van der Waals surface area contributed by atoms with Crippen molar-refractivity contribution in [2.75, 3.05) is 56.4 Å². The van der Waals surface area contributed by atoms with Crippen LogP contribution >= 0.6 is 0 Å². The Balaban J connectivity index is -0.000000473. The number of carbonyl (C=O) groups excluding carboxylic acids is 6. The Morgan fingerprint density at radius 2 is 1.03 bits per heavy atom. The maximum absolute atomic E-state index is 11.5. The first kappa shape index (κ1) is 38.5. The third-order valence-electron chi connectivity index (χ3n) is 3.82. The summed E-state index contributed by atoms with van der Waals surface area (Å²) in [5.41, 5.74) is -0.0430. The maximum Gasteiger partial charge on any atom is 0.251 e. The Morgan fingerprint density at radius 1 is 0.730 bits per heavy atom. The molecule has 0 aromatic carbocycles. The standard InChI is InChI=1S/C9H14N2O3.C8H15N3O3.C5H12.C3H9N/c1-9(2,3)11-7(13)5(8(11)14)6(12)10-4;1-9-6(12)5(7(13)10-2)8(14)11(3)4;1-5(2,3)4;1-4(2)3/h5H,1-4H3,(H,10,12);5H,1-4H3,(H,9,12)(H,10,13);1-4H3;1-3H3. The fourth-order valence-corrected chi connectivity index (χ4v) is 2.33. The molecule has 0 radical (unpaired) electrons. The normalized spacial score (nSPS) is 13.1. The van der Waals surface area contributed by atoms with Gasteiger partial charge >= 0.3 is 0 Å². The number of imide groups is 1. The van der Waals surface area contributed by atoms with E-state index in [9.17, 15) is 28.8 Å². The molecule has 1 saturated heterocycles. The van der Waals surface area contributed by atoms with Crippen molar-refractivity contribution >= 4 is 35.4 Å². The zero-order valence-corrected chi connectivity index (χ0v) is 25.4. The highest BCUT2D eigenvalue weighted by atomic mass is 16.2. The van der Waals surface area contributed by atoms with Crippen molar-refractivity contribution in [2.24, 2.45) is 17.3 Å². The molecular formula is C25H50N6O6. The highest BCUT2D eigenvalue weighted by molar-refractivity contribution is 6.29. The molecule has 0 saturated carbocycles. The Morgan fingerprint density at radius 3 is 1.22 bits per heavy atom. The number of nitrogens with zero attached hydrogens (tertiary/aromatic N) is 3. The highest BCUT2D eigenvalue weighted by Gasteiger charge is 2.54. The van der Waals surface area contributed by atoms with Gasteiger partial charge < -0.3 is 25.8 Å². The first-order chi connectivity index (χ1) is 16.5. The molecule has 1 rings (SSSR count). The molecule has 1 fully saturated rings. The number of β-lactam (4-membered cyclic amide) rings is 2. The Hall–Kier alpha value is -3.02. The SMILES string of the molecule is CC(C)(C)C.CN(C)C.CNC(=O)C(C(=O)NC)C(=O)N(C)C.CNC(=O)C1C(=O)N(C(C)(C)C)C1=O. The summed E-state index contributed by atoms with van der Waals surface area (Å²) in [6.07, 6.45) is 0. The number of hydrogen-bond acceptors (Lipinski definition) is 7. The van der Waals surface area contributed by atoms with Crippen molar-refractivity contribution in [3.8, 4) is 0 Å². The zero-order chi connectivity index (χ0) is 30.5. The van der Waals surface area contributed by atoms with E-state index < -0.39 is 52.8 Å². The van der Waals surface area contributed by atoms with Crippen molar-refractivity contribution < 1.29 is 28.8 Å². The van der Waals surface area contributed by atoms with Crippen molar-refractivity contribution in [3.63, 3.8) is 0 Å². The first-order valence-electron chi connectivity index (χ1n) is 11.8. The summed E-state index contributed by atoms with van der Waals surface area (Å²) in [4.78, 5) is 72.3. The van der Waals surface area contributed by atoms with E-state index in [1.807, 2.05) is 26.0 Å². The van der Waals surface area contributed by atoms with Crippen molar-refractivity contribution in [2.45, 2.75) is 54.0 Å². The van der Waals surface area contributed by atoms with Crippen LogP contribution in [0, 0.1) is 17.3 Å². The van der Waals surface area contributed by atoms with Gasteiger partial charge in [0.1, 0.15) is 0 Å². The minimum absolute atomic E-state index is 0.415. The summed E-state index contributed by atoms with van der Waals surface area (Å²) in [5.74, 6) is -5.54. The van der Waals surface area contributed by atoms with Gasteiger partial charge in [-0.1, -0.05) is 27.7 Å². The fourth-order valence-electron chi connectivity index (χ4n) is 2.33. The summed E-state index contributed by atoms with van der Waals surface area (Å²) in [7, 11) is 13.1. The Labute approximate surface area is 222 Å². The molecule has 0 aromatic heterocycles. The van der Waals surface area contributed by atoms with Gasteiger partial charge in [0.2, 0.25) is 23.6 Å². The molecule has 0 spiro atoms. The van der Waals surface area contributed by atoms with E-state index in [-0.39, 0.29) is 0 Å². The summed E-state index contributed by atoms with van der Waals surface area (Å²) >= 11 is 0. The van der Waals surface area contributed by atoms with Crippen LogP contribution in [-0.2, 0) is 28.8 Å². The van der Waals surface area contributed by atoms with Gasteiger partial charge in [-0.05, 0) is 47.3 Å². The third kappa shape index (κ3) is 15.6. The van der Waals surface area contributed by atoms with Crippen LogP contribution in [0.1, 0.15) is 48.5 Å². The van der Waals surface area contributed by atoms with E-state index >= 15 is 0 Å². The van der Waals surface area contributed by atoms with Crippen LogP contribution in [0.4, 0.5) is 0 Å². The van der Waals surface area contributed by atoms with E-state index in [1.165, 1.54) is 40.1 Å². The number of amides is 6. The van der Waals surface area contributed by atoms with Crippen LogP contribution in [0.2, 0.25) is 0 Å². The number of likely N-dealkylation sites (tertiary alicyclic amines) is 1. The topological polar surface area (TPSA) is 148 Å². The number of rotatable bonds is 4. The van der Waals surface area contributed by atoms with Gasteiger partial charge in [-0.2, -0.15) is 0 Å². The van der Waals surface area contributed by atoms with Crippen molar-refractivity contribution in [3.05, 3.63) is 0 Å². The van der Waals surface area contributed by atoms with E-state index in [1.54, 1.807) is 20.8 Å². The number of hydrogen-bond donors (Lipinski definition) is 3. The van der Waals surface area contributed by atoms with Crippen LogP contribution in [0.15, 0.2) is 0 Å². The number of carbonyl (C=O) groups is 6. The van der Waals surface area contributed by atoms with Crippen LogP contribution in [0.3, 0.4) is 0 Å². The molecule has 0 atom stereocenters. The summed E-state index contributed by atoms with van der Waals surface area (Å²) < 4.78 is 0. The minimum Gasteiger partial charge on any atom is -0.358 e. The second-order valence-electron chi connectivity index (χ2n) is 11.5. The lowest BCUT2D eigenvalue weighted by molar-refractivity contribution is -0.174. The molecule has 0 unspecified atom stereocenters. The molecule has 1 heterocycles. The summed E-state index contributed by atoms with van der Waals surface area (Å²) in [6, 6.07) is 0. The average molecular weight is 531 g/mol. The van der Waals surface area contributed by atoms with Gasteiger partial charge in [0.05, 0.1) is 0 Å². The lowest BCUT2D eigenvalue weighted by Crippen LogP contribution is -2.67. The smallest absolute Gasteiger partial charge is 0.251 e. The predicted octanol–water partition coefficient (Wildman–Crippen LogP) is -0.0711. The van der Waals surface area contributed by atoms with Gasteiger partial charge in [0, 0.05) is 40.8 Å². The molecular weight excluding hydrogens is 480 g/mol. The molecule has 3 N–H and O–H groups in total. The first-order valence-corrected chi connectivity index (χ1v) is 11.8. The second kappa shape index (κ2) is 16.7. The van der Waals surface area contributed by atoms with E-state index in [4.69, 9.17) is 0 Å². The molecule has 216 valence electrons. The lowest BCUT2D eigenvalue weighted by atomic mass is 9.89. The van der Waals surface area contributed by atoms with Gasteiger partial charge in [0.25, 0.3) is 11.8 Å². The number of nitrogens with one attached hydrogen (secondary N) is 3. The molecule has 12 nitrogen and oxygen atoms in total. The van der Waals surface area contributed by atoms with E-state index in [2.05, 4.69) is 43.6 Å². The molecule has 0 aromatic rings. The minimum atomic E-state index is -1.31. The monoisotopic (exact) mass is 530 g/mol. The van der Waals surface area contributed by atoms with Crippen molar-refractivity contribution in [1.82, 2.24) is 30.7 Å². The van der Waals surface area contributed by atoms with E-state index in [0.29, 0.717) is 5.41 Å². The molecule has 1 aliphatic rings. The molecule has 37 heavy (non-hydrogen) atoms. The molecule has 12 heteroatoms. The third-order valence-corrected chi connectivity index (χ3v) is 3.82. The fraction of sp³-hybridized carbons (Fsp3) is 0.760. The van der Waals surface area contributed by atoms with E-state index in [0.717, 1.165) is 4.90 Å². The predicted molar refractivity (Wildman–Crippen MR) is 144 cm³/mol. The van der Waals surface area contributed by atoms with Crippen LogP contribution < -0.4 is 16.0 Å². The van der Waals surface area contributed by atoms with Gasteiger partial charge in [0.15, 0.2) is 11.8 Å². The van der Waals surface area contributed by atoms with Crippen molar-refractivity contribution in [1.29, 1.82) is 0 Å². The van der Waals surface area contributed by atoms with Crippen LogP contribution in [-0.4, -0.2) is 112 Å². The van der Waals surface area contributed by atoms with Gasteiger partial charge in [-0.25, -0.2) is 0 Å². The largest absolute Gasteiger partial charge is 0.358 e.